The summed E-state index contributed by atoms with van der Waals surface area (Å²) < 4.78 is 31.7. The summed E-state index contributed by atoms with van der Waals surface area (Å²) in [4.78, 5) is 22.2. The lowest BCUT2D eigenvalue weighted by Crippen LogP contribution is -2.47. The Morgan fingerprint density at radius 2 is 2.15 bits per heavy atom. The highest BCUT2D eigenvalue weighted by Crippen LogP contribution is 2.18. The number of esters is 1. The Morgan fingerprint density at radius 3 is 2.74 bits per heavy atom. The van der Waals surface area contributed by atoms with Gasteiger partial charge in [-0.25, -0.2) is 13.1 Å². The monoisotopic (exact) mass is 397 g/mol. The van der Waals surface area contributed by atoms with Crippen molar-refractivity contribution in [1.29, 1.82) is 0 Å². The average molecular weight is 398 g/mol. The van der Waals surface area contributed by atoms with Crippen molar-refractivity contribution in [3.8, 4) is 0 Å². The smallest absolute Gasteiger partial charge is 0.308 e. The number of likely N-dealkylation sites (tertiary alicyclic amines) is 1. The fourth-order valence-corrected chi connectivity index (χ4v) is 3.83. The molecule has 2 N–H and O–H groups in total. The number of pyridine rings is 1. The molecule has 10 heteroatoms. The fraction of sp³-hybridized carbons (Fsp3) is 0.588. The van der Waals surface area contributed by atoms with E-state index in [4.69, 9.17) is 4.74 Å². The molecule has 0 radical (unpaired) electrons. The number of rotatable bonds is 7. The Bertz CT molecular complexity index is 731. The number of nitrogens with zero attached hydrogens (tertiary/aromatic N) is 3. The standard InChI is InChI=1S/C17H27N5O4S/c1-3-19-17(22-11-6-14(7-12-22)16(23)26-2)20-9-10-21-27(24,25)15-5-4-8-18-13-15/h4-5,8,13-14,21H,3,6-7,9-12H2,1-2H3,(H,19,20). The minimum Gasteiger partial charge on any atom is -0.469 e. The van der Waals surface area contributed by atoms with Gasteiger partial charge in [-0.05, 0) is 31.9 Å². The van der Waals surface area contributed by atoms with Crippen LogP contribution >= 0.6 is 0 Å². The number of piperidine rings is 1. The molecule has 0 unspecified atom stereocenters. The molecule has 150 valence electrons. The van der Waals surface area contributed by atoms with E-state index in [9.17, 15) is 13.2 Å². The lowest BCUT2D eigenvalue weighted by Gasteiger charge is -2.33. The first-order chi connectivity index (χ1) is 13.0. The number of guanidine groups is 1. The number of ether oxygens (including phenoxy) is 1. The van der Waals surface area contributed by atoms with E-state index in [1.165, 1.54) is 25.6 Å². The zero-order chi connectivity index (χ0) is 19.7. The lowest BCUT2D eigenvalue weighted by atomic mass is 9.97. The van der Waals surface area contributed by atoms with Gasteiger partial charge in [0.15, 0.2) is 5.96 Å². The molecule has 0 aliphatic carbocycles. The molecule has 27 heavy (non-hydrogen) atoms. The maximum absolute atomic E-state index is 12.2. The predicted molar refractivity (Wildman–Crippen MR) is 102 cm³/mol. The molecular weight excluding hydrogens is 370 g/mol. The van der Waals surface area contributed by atoms with Crippen LogP contribution in [0.25, 0.3) is 0 Å². The van der Waals surface area contributed by atoms with Gasteiger partial charge in [-0.1, -0.05) is 0 Å². The molecule has 0 aromatic carbocycles. The van der Waals surface area contributed by atoms with Gasteiger partial charge in [-0.3, -0.25) is 14.8 Å². The molecule has 0 amide bonds. The van der Waals surface area contributed by atoms with Gasteiger partial charge in [-0.15, -0.1) is 0 Å². The van der Waals surface area contributed by atoms with Gasteiger partial charge in [-0.2, -0.15) is 0 Å². The SMILES string of the molecule is CCNC(=NCCNS(=O)(=O)c1cccnc1)N1CCC(C(=O)OC)CC1. The molecule has 1 aliphatic heterocycles. The van der Waals surface area contributed by atoms with Gasteiger partial charge < -0.3 is 15.0 Å². The molecule has 9 nitrogen and oxygen atoms in total. The maximum Gasteiger partial charge on any atom is 0.308 e. The van der Waals surface area contributed by atoms with Crippen molar-refractivity contribution in [3.63, 3.8) is 0 Å². The summed E-state index contributed by atoms with van der Waals surface area (Å²) in [5.41, 5.74) is 0. The van der Waals surface area contributed by atoms with E-state index in [1.54, 1.807) is 6.07 Å². The van der Waals surface area contributed by atoms with Crippen molar-refractivity contribution in [2.24, 2.45) is 10.9 Å². The molecule has 0 spiro atoms. The van der Waals surface area contributed by atoms with Crippen LogP contribution in [0.3, 0.4) is 0 Å². The molecular formula is C17H27N5O4S. The second kappa shape index (κ2) is 10.2. The Hall–Kier alpha value is -2.20. The predicted octanol–water partition coefficient (Wildman–Crippen LogP) is 0.210. The van der Waals surface area contributed by atoms with Crippen LogP contribution in [-0.4, -0.2) is 70.1 Å². The molecule has 2 heterocycles. The number of aliphatic imine (C=N–C) groups is 1. The van der Waals surface area contributed by atoms with E-state index in [0.717, 1.165) is 5.96 Å². The van der Waals surface area contributed by atoms with Crippen LogP contribution in [0.5, 0.6) is 0 Å². The second-order valence-corrected chi connectivity index (χ2v) is 7.87. The molecule has 1 fully saturated rings. The Labute approximate surface area is 160 Å². The normalized spacial score (nSPS) is 16.2. The van der Waals surface area contributed by atoms with Crippen molar-refractivity contribution < 1.29 is 17.9 Å². The van der Waals surface area contributed by atoms with Gasteiger partial charge in [0.25, 0.3) is 0 Å². The third kappa shape index (κ3) is 6.17. The summed E-state index contributed by atoms with van der Waals surface area (Å²) in [5, 5.41) is 3.21. The number of aromatic nitrogens is 1. The number of methoxy groups -OCH3 is 1. The van der Waals surface area contributed by atoms with E-state index in [-0.39, 0.29) is 23.3 Å². The summed E-state index contributed by atoms with van der Waals surface area (Å²) in [7, 11) is -2.17. The number of hydrogen-bond acceptors (Lipinski definition) is 6. The van der Waals surface area contributed by atoms with Crippen molar-refractivity contribution >= 4 is 22.0 Å². The second-order valence-electron chi connectivity index (χ2n) is 6.11. The first kappa shape index (κ1) is 21.1. The van der Waals surface area contributed by atoms with Crippen LogP contribution < -0.4 is 10.0 Å². The van der Waals surface area contributed by atoms with E-state index in [1.807, 2.05) is 6.92 Å². The van der Waals surface area contributed by atoms with E-state index in [2.05, 4.69) is 24.9 Å². The minimum atomic E-state index is -3.58. The van der Waals surface area contributed by atoms with Crippen LogP contribution in [0.15, 0.2) is 34.4 Å². The zero-order valence-corrected chi connectivity index (χ0v) is 16.5. The summed E-state index contributed by atoms with van der Waals surface area (Å²) in [6.45, 7) is 4.57. The molecule has 2 rings (SSSR count). The minimum absolute atomic E-state index is 0.0691. The van der Waals surface area contributed by atoms with Crippen molar-refractivity contribution in [3.05, 3.63) is 24.5 Å². The van der Waals surface area contributed by atoms with Gasteiger partial charge >= 0.3 is 5.97 Å². The molecule has 1 saturated heterocycles. The van der Waals surface area contributed by atoms with E-state index in [0.29, 0.717) is 39.0 Å². The molecule has 0 saturated carbocycles. The third-order valence-electron chi connectivity index (χ3n) is 4.27. The quantitative estimate of drug-likeness (QED) is 0.293. The van der Waals surface area contributed by atoms with Gasteiger partial charge in [0, 0.05) is 38.6 Å². The Balaban J connectivity index is 1.88. The highest BCUT2D eigenvalue weighted by Gasteiger charge is 2.26. The van der Waals surface area contributed by atoms with Crippen LogP contribution in [0.2, 0.25) is 0 Å². The van der Waals surface area contributed by atoms with Crippen molar-refractivity contribution in [1.82, 2.24) is 19.9 Å². The number of hydrogen-bond donors (Lipinski definition) is 2. The summed E-state index contributed by atoms with van der Waals surface area (Å²) in [5.74, 6) is 0.489. The molecule has 1 aromatic rings. The Morgan fingerprint density at radius 1 is 1.41 bits per heavy atom. The molecule has 0 atom stereocenters. The fourth-order valence-electron chi connectivity index (χ4n) is 2.85. The molecule has 0 bridgehead atoms. The zero-order valence-electron chi connectivity index (χ0n) is 15.7. The van der Waals surface area contributed by atoms with Crippen LogP contribution in [-0.2, 0) is 19.6 Å². The largest absolute Gasteiger partial charge is 0.469 e. The van der Waals surface area contributed by atoms with Crippen LogP contribution in [0.1, 0.15) is 19.8 Å². The van der Waals surface area contributed by atoms with Crippen LogP contribution in [0.4, 0.5) is 0 Å². The number of carbonyl (C=O) groups is 1. The van der Waals surface area contributed by atoms with Gasteiger partial charge in [0.05, 0.1) is 19.6 Å². The van der Waals surface area contributed by atoms with Gasteiger partial charge in [0.2, 0.25) is 10.0 Å². The average Bonchev–Trinajstić information content (AvgIpc) is 2.70. The van der Waals surface area contributed by atoms with Crippen LogP contribution in [0, 0.1) is 5.92 Å². The third-order valence-corrected chi connectivity index (χ3v) is 5.72. The number of nitrogens with one attached hydrogen (secondary N) is 2. The van der Waals surface area contributed by atoms with Crippen molar-refractivity contribution in [2.45, 2.75) is 24.7 Å². The topological polar surface area (TPSA) is 113 Å². The van der Waals surface area contributed by atoms with E-state index >= 15 is 0 Å². The molecule has 1 aromatic heterocycles. The Kier molecular flexibility index (Phi) is 7.99. The lowest BCUT2D eigenvalue weighted by molar-refractivity contribution is -0.146. The summed E-state index contributed by atoms with van der Waals surface area (Å²) in [6.07, 6.45) is 4.26. The summed E-state index contributed by atoms with van der Waals surface area (Å²) >= 11 is 0. The molecule has 1 aliphatic rings. The number of carbonyl (C=O) groups excluding carboxylic acids is 1. The first-order valence-corrected chi connectivity index (χ1v) is 10.5. The maximum atomic E-state index is 12.2. The van der Waals surface area contributed by atoms with Gasteiger partial charge in [0.1, 0.15) is 4.90 Å². The highest BCUT2D eigenvalue weighted by molar-refractivity contribution is 7.89. The number of sulfonamides is 1. The van der Waals surface area contributed by atoms with Crippen molar-refractivity contribution in [2.75, 3.05) is 39.8 Å². The summed E-state index contributed by atoms with van der Waals surface area (Å²) in [6, 6.07) is 3.07. The first-order valence-electron chi connectivity index (χ1n) is 8.98. The van der Waals surface area contributed by atoms with E-state index < -0.39 is 10.0 Å². The highest BCUT2D eigenvalue weighted by atomic mass is 32.2.